The van der Waals surface area contributed by atoms with E-state index >= 15 is 0 Å². The molecule has 0 atom stereocenters. The maximum absolute atomic E-state index is 12.5. The highest BCUT2D eigenvalue weighted by atomic mass is 19.3. The van der Waals surface area contributed by atoms with E-state index in [9.17, 15) is 18.4 Å². The number of aromatic nitrogens is 1. The van der Waals surface area contributed by atoms with Crippen LogP contribution in [-0.2, 0) is 11.3 Å². The number of hydrogen-bond acceptors (Lipinski definition) is 3. The molecule has 0 unspecified atom stereocenters. The number of aromatic carboxylic acids is 1. The Morgan fingerprint density at radius 3 is 2.67 bits per heavy atom. The van der Waals surface area contributed by atoms with Crippen LogP contribution in [0.15, 0.2) is 12.3 Å². The highest BCUT2D eigenvalue weighted by Crippen LogP contribution is 2.21. The molecule has 2 N–H and O–H groups in total. The van der Waals surface area contributed by atoms with Gasteiger partial charge in [-0.2, -0.15) is 0 Å². The highest BCUT2D eigenvalue weighted by Gasteiger charge is 2.20. The summed E-state index contributed by atoms with van der Waals surface area (Å²) in [5.41, 5.74) is -0.958. The molecule has 18 heavy (non-hydrogen) atoms. The van der Waals surface area contributed by atoms with Gasteiger partial charge in [-0.05, 0) is 11.6 Å². The van der Waals surface area contributed by atoms with E-state index in [1.54, 1.807) is 6.92 Å². The Morgan fingerprint density at radius 2 is 2.17 bits per heavy atom. The summed E-state index contributed by atoms with van der Waals surface area (Å²) >= 11 is 0. The molecule has 0 radical (unpaired) electrons. The van der Waals surface area contributed by atoms with Crippen LogP contribution in [0.25, 0.3) is 0 Å². The summed E-state index contributed by atoms with van der Waals surface area (Å²) in [7, 11) is 0. The van der Waals surface area contributed by atoms with Crippen LogP contribution >= 0.6 is 0 Å². The van der Waals surface area contributed by atoms with Crippen molar-refractivity contribution in [1.29, 1.82) is 0 Å². The second kappa shape index (κ2) is 6.04. The Bertz CT molecular complexity index is 464. The van der Waals surface area contributed by atoms with Crippen LogP contribution in [0.1, 0.15) is 41.4 Å². The lowest BCUT2D eigenvalue weighted by Crippen LogP contribution is -2.22. The molecule has 1 aromatic rings. The third kappa shape index (κ3) is 3.47. The lowest BCUT2D eigenvalue weighted by Gasteiger charge is -2.08. The molecule has 1 aromatic heterocycles. The maximum Gasteiger partial charge on any atom is 0.337 e. The normalized spacial score (nSPS) is 10.4. The number of hydrogen-bond donors (Lipinski definition) is 2. The van der Waals surface area contributed by atoms with Gasteiger partial charge in [0.1, 0.15) is 5.69 Å². The number of rotatable bonds is 5. The standard InChI is InChI=1S/C11H12F2N2O3/c1-2-8(16)14-4-6-3-7(11(17)18)9(10(12)13)15-5-6/h3,5,10H,2,4H2,1H3,(H,14,16)(H,17,18). The van der Waals surface area contributed by atoms with E-state index in [0.29, 0.717) is 5.56 Å². The first-order chi connectivity index (χ1) is 8.45. The van der Waals surface area contributed by atoms with E-state index in [-0.39, 0.29) is 18.9 Å². The largest absolute Gasteiger partial charge is 0.478 e. The maximum atomic E-state index is 12.5. The fraction of sp³-hybridized carbons (Fsp3) is 0.364. The minimum atomic E-state index is -2.95. The van der Waals surface area contributed by atoms with Crippen molar-refractivity contribution in [2.45, 2.75) is 26.3 Å². The first-order valence-corrected chi connectivity index (χ1v) is 5.22. The van der Waals surface area contributed by atoms with Crippen LogP contribution in [0.3, 0.4) is 0 Å². The lowest BCUT2D eigenvalue weighted by molar-refractivity contribution is -0.120. The van der Waals surface area contributed by atoms with Crippen molar-refractivity contribution < 1.29 is 23.5 Å². The lowest BCUT2D eigenvalue weighted by atomic mass is 10.1. The average molecular weight is 258 g/mol. The number of carbonyl (C=O) groups excluding carboxylic acids is 1. The Labute approximate surface area is 102 Å². The van der Waals surface area contributed by atoms with Crippen LogP contribution in [0.5, 0.6) is 0 Å². The van der Waals surface area contributed by atoms with Crippen molar-refractivity contribution in [3.05, 3.63) is 29.1 Å². The molecule has 0 aromatic carbocycles. The Balaban J connectivity index is 2.93. The summed E-state index contributed by atoms with van der Waals surface area (Å²) in [6, 6.07) is 1.09. The van der Waals surface area contributed by atoms with Gasteiger partial charge in [-0.25, -0.2) is 13.6 Å². The molecule has 0 saturated heterocycles. The van der Waals surface area contributed by atoms with Gasteiger partial charge in [0.15, 0.2) is 0 Å². The molecule has 1 heterocycles. The van der Waals surface area contributed by atoms with Gasteiger partial charge < -0.3 is 10.4 Å². The number of alkyl halides is 2. The Hall–Kier alpha value is -2.05. The molecular formula is C11H12F2N2O3. The monoisotopic (exact) mass is 258 g/mol. The summed E-state index contributed by atoms with van der Waals surface area (Å²) in [5, 5.41) is 11.3. The second-order valence-corrected chi connectivity index (χ2v) is 3.51. The van der Waals surface area contributed by atoms with Gasteiger partial charge in [-0.3, -0.25) is 9.78 Å². The zero-order valence-electron chi connectivity index (χ0n) is 9.61. The van der Waals surface area contributed by atoms with Gasteiger partial charge in [0.2, 0.25) is 5.91 Å². The molecule has 0 fully saturated rings. The summed E-state index contributed by atoms with van der Waals surface area (Å²) in [6.07, 6.45) is -1.53. The van der Waals surface area contributed by atoms with E-state index in [1.807, 2.05) is 0 Å². The van der Waals surface area contributed by atoms with E-state index in [2.05, 4.69) is 10.3 Å². The summed E-state index contributed by atoms with van der Waals surface area (Å²) in [5.74, 6) is -1.69. The van der Waals surface area contributed by atoms with Crippen LogP contribution in [-0.4, -0.2) is 22.0 Å². The van der Waals surface area contributed by atoms with Crippen molar-refractivity contribution in [3.8, 4) is 0 Å². The van der Waals surface area contributed by atoms with Crippen LogP contribution < -0.4 is 5.32 Å². The number of amides is 1. The van der Waals surface area contributed by atoms with Gasteiger partial charge in [-0.1, -0.05) is 6.92 Å². The summed E-state index contributed by atoms with van der Waals surface area (Å²) < 4.78 is 25.0. The molecule has 0 spiro atoms. The number of nitrogens with zero attached hydrogens (tertiary/aromatic N) is 1. The molecule has 98 valence electrons. The molecule has 1 rings (SSSR count). The van der Waals surface area contributed by atoms with Crippen molar-refractivity contribution in [3.63, 3.8) is 0 Å². The minimum absolute atomic E-state index is 0.0590. The number of carboxylic acid groups (broad SMARTS) is 1. The average Bonchev–Trinajstić information content (AvgIpc) is 2.35. The Kier molecular flexibility index (Phi) is 4.70. The molecule has 0 bridgehead atoms. The van der Waals surface area contributed by atoms with E-state index in [1.165, 1.54) is 0 Å². The predicted octanol–water partition coefficient (Wildman–Crippen LogP) is 1.74. The van der Waals surface area contributed by atoms with E-state index in [0.717, 1.165) is 12.3 Å². The van der Waals surface area contributed by atoms with Crippen LogP contribution in [0, 0.1) is 0 Å². The van der Waals surface area contributed by atoms with Crippen molar-refractivity contribution in [1.82, 2.24) is 10.3 Å². The second-order valence-electron chi connectivity index (χ2n) is 3.51. The fourth-order valence-electron chi connectivity index (χ4n) is 1.29. The first-order valence-electron chi connectivity index (χ1n) is 5.22. The Morgan fingerprint density at radius 1 is 1.50 bits per heavy atom. The van der Waals surface area contributed by atoms with Crippen molar-refractivity contribution in [2.24, 2.45) is 0 Å². The van der Waals surface area contributed by atoms with Gasteiger partial charge >= 0.3 is 5.97 Å². The number of nitrogens with one attached hydrogen (secondary N) is 1. The zero-order chi connectivity index (χ0) is 13.7. The molecule has 0 aliphatic rings. The molecule has 0 aliphatic heterocycles. The topological polar surface area (TPSA) is 79.3 Å². The molecular weight excluding hydrogens is 246 g/mol. The fourth-order valence-corrected chi connectivity index (χ4v) is 1.29. The molecule has 7 heteroatoms. The van der Waals surface area contributed by atoms with Gasteiger partial charge in [0.05, 0.1) is 5.56 Å². The first kappa shape index (κ1) is 14.0. The number of pyridine rings is 1. The highest BCUT2D eigenvalue weighted by molar-refractivity contribution is 5.89. The summed E-state index contributed by atoms with van der Waals surface area (Å²) in [4.78, 5) is 25.2. The van der Waals surface area contributed by atoms with Crippen LogP contribution in [0.4, 0.5) is 8.78 Å². The van der Waals surface area contributed by atoms with E-state index < -0.39 is 23.7 Å². The van der Waals surface area contributed by atoms with Gasteiger partial charge in [0.25, 0.3) is 6.43 Å². The van der Waals surface area contributed by atoms with Gasteiger partial charge in [0, 0.05) is 19.2 Å². The van der Waals surface area contributed by atoms with Crippen molar-refractivity contribution in [2.75, 3.05) is 0 Å². The third-order valence-electron chi connectivity index (χ3n) is 2.22. The summed E-state index contributed by atoms with van der Waals surface area (Å²) in [6.45, 7) is 1.72. The SMILES string of the molecule is CCC(=O)NCc1cnc(C(F)F)c(C(=O)O)c1. The van der Waals surface area contributed by atoms with E-state index in [4.69, 9.17) is 5.11 Å². The number of carboxylic acids is 1. The minimum Gasteiger partial charge on any atom is -0.478 e. The molecule has 1 amide bonds. The van der Waals surface area contributed by atoms with Crippen molar-refractivity contribution >= 4 is 11.9 Å². The molecule has 0 saturated carbocycles. The number of carbonyl (C=O) groups is 2. The molecule has 0 aliphatic carbocycles. The van der Waals surface area contributed by atoms with Crippen LogP contribution in [0.2, 0.25) is 0 Å². The smallest absolute Gasteiger partial charge is 0.337 e. The zero-order valence-corrected chi connectivity index (χ0v) is 9.61. The quantitative estimate of drug-likeness (QED) is 0.843. The number of halogens is 2. The third-order valence-corrected chi connectivity index (χ3v) is 2.22. The van der Waals surface area contributed by atoms with Gasteiger partial charge in [-0.15, -0.1) is 0 Å². The predicted molar refractivity (Wildman–Crippen MR) is 58.3 cm³/mol. The molecule has 5 nitrogen and oxygen atoms in total.